The average Bonchev–Trinajstić information content (AvgIpc) is 3.64. The van der Waals surface area contributed by atoms with Crippen molar-refractivity contribution in [3.8, 4) is 39.8 Å². The highest BCUT2D eigenvalue weighted by Gasteiger charge is 2.23. The molecule has 0 amide bonds. The number of rotatable bonds is 8. The standard InChI is InChI=1S/C20H25N5O2.C8H4BrFN2O/c1-13(2)8-20(4,21)11-26-19-10-24-17(16-5-6-23-14(3)25-16)7-15(19)18-9-22-12-27-18;9-8-1-5(6(10)2-12-8)7-3-11-4-13-7/h5-7,9-10,12-13H,8,11,21H2,1-4H3;1-4H/t20-;/m0./s1. The molecule has 5 aromatic heterocycles. The maximum atomic E-state index is 13.2. The maximum absolute atomic E-state index is 13.2. The SMILES string of the molecule is Cc1nccc(-c2cc(-c3cnco3)c(OC[C@@](C)(N)CC(C)C)cn2)n1.Fc1cnc(Br)cc1-c1cnco1. The van der Waals surface area contributed by atoms with Crippen molar-refractivity contribution in [2.75, 3.05) is 6.61 Å². The summed E-state index contributed by atoms with van der Waals surface area (Å²) in [5, 5.41) is 0. The first-order valence-electron chi connectivity index (χ1n) is 12.4. The van der Waals surface area contributed by atoms with Crippen LogP contribution in [0.3, 0.4) is 0 Å². The smallest absolute Gasteiger partial charge is 0.181 e. The molecule has 12 heteroatoms. The minimum absolute atomic E-state index is 0.347. The molecule has 0 spiro atoms. The van der Waals surface area contributed by atoms with E-state index in [2.05, 4.69) is 59.7 Å². The van der Waals surface area contributed by atoms with Gasteiger partial charge in [-0.3, -0.25) is 4.98 Å². The number of aromatic nitrogens is 6. The molecule has 0 saturated heterocycles. The molecule has 0 saturated carbocycles. The Morgan fingerprint density at radius 2 is 1.68 bits per heavy atom. The van der Waals surface area contributed by atoms with Crippen LogP contribution in [0.4, 0.5) is 4.39 Å². The van der Waals surface area contributed by atoms with Gasteiger partial charge in [-0.25, -0.2) is 29.3 Å². The minimum atomic E-state index is -0.435. The van der Waals surface area contributed by atoms with E-state index < -0.39 is 11.4 Å². The fourth-order valence-corrected chi connectivity index (χ4v) is 4.35. The fraction of sp³-hybridized carbons (Fsp3) is 0.286. The topological polar surface area (TPSA) is 139 Å². The van der Waals surface area contributed by atoms with Gasteiger partial charge in [0.1, 0.15) is 22.8 Å². The summed E-state index contributed by atoms with van der Waals surface area (Å²) in [6, 6.07) is 5.24. The molecule has 0 aliphatic carbocycles. The molecule has 0 aliphatic rings. The van der Waals surface area contributed by atoms with Crippen molar-refractivity contribution in [3.63, 3.8) is 0 Å². The molecule has 1 atom stereocenters. The van der Waals surface area contributed by atoms with Crippen molar-refractivity contribution in [2.24, 2.45) is 11.7 Å². The molecule has 5 aromatic rings. The van der Waals surface area contributed by atoms with E-state index >= 15 is 0 Å². The van der Waals surface area contributed by atoms with Crippen LogP contribution in [0.15, 0.2) is 75.4 Å². The number of nitrogens with two attached hydrogens (primary N) is 1. The number of nitrogens with zero attached hydrogens (tertiary/aromatic N) is 6. The van der Waals surface area contributed by atoms with Gasteiger partial charge in [0, 0.05) is 11.7 Å². The van der Waals surface area contributed by atoms with Crippen molar-refractivity contribution < 1.29 is 18.0 Å². The molecule has 208 valence electrons. The van der Waals surface area contributed by atoms with Crippen LogP contribution in [-0.2, 0) is 0 Å². The molecule has 5 rings (SSSR count). The first-order chi connectivity index (χ1) is 19.1. The number of aryl methyl sites for hydroxylation is 1. The van der Waals surface area contributed by atoms with Crippen molar-refractivity contribution in [2.45, 2.75) is 39.7 Å². The summed E-state index contributed by atoms with van der Waals surface area (Å²) in [5.74, 6) is 2.33. The molecule has 10 nitrogen and oxygen atoms in total. The molecule has 0 aliphatic heterocycles. The average molecular weight is 610 g/mol. The number of halogens is 2. The van der Waals surface area contributed by atoms with Gasteiger partial charge in [0.25, 0.3) is 0 Å². The third kappa shape index (κ3) is 7.76. The lowest BCUT2D eigenvalue weighted by Crippen LogP contribution is -2.43. The Kier molecular flexibility index (Phi) is 9.33. The van der Waals surface area contributed by atoms with Crippen LogP contribution >= 0.6 is 15.9 Å². The van der Waals surface area contributed by atoms with Gasteiger partial charge in [-0.2, -0.15) is 0 Å². The van der Waals surface area contributed by atoms with E-state index in [1.807, 2.05) is 26.0 Å². The van der Waals surface area contributed by atoms with Crippen LogP contribution in [-0.4, -0.2) is 42.0 Å². The molecule has 0 radical (unpaired) electrons. The molecule has 2 N–H and O–H groups in total. The highest BCUT2D eigenvalue weighted by Crippen LogP contribution is 2.33. The third-order valence-corrected chi connectivity index (χ3v) is 5.99. The zero-order valence-electron chi connectivity index (χ0n) is 22.5. The number of ether oxygens (including phenoxy) is 1. The zero-order chi connectivity index (χ0) is 28.7. The molecule has 0 unspecified atom stereocenters. The summed E-state index contributed by atoms with van der Waals surface area (Å²) in [7, 11) is 0. The van der Waals surface area contributed by atoms with Crippen molar-refractivity contribution >= 4 is 15.9 Å². The number of oxazole rings is 2. The molecule has 0 aromatic carbocycles. The first-order valence-corrected chi connectivity index (χ1v) is 13.2. The highest BCUT2D eigenvalue weighted by atomic mass is 79.9. The van der Waals surface area contributed by atoms with Gasteiger partial charge in [0.05, 0.1) is 47.3 Å². The number of hydrogen-bond acceptors (Lipinski definition) is 10. The van der Waals surface area contributed by atoms with E-state index in [4.69, 9.17) is 19.3 Å². The highest BCUT2D eigenvalue weighted by molar-refractivity contribution is 9.10. The van der Waals surface area contributed by atoms with E-state index in [0.717, 1.165) is 23.9 Å². The Hall–Kier alpha value is -4.03. The predicted octanol–water partition coefficient (Wildman–Crippen LogP) is 6.28. The third-order valence-electron chi connectivity index (χ3n) is 5.56. The second kappa shape index (κ2) is 12.9. The van der Waals surface area contributed by atoms with Gasteiger partial charge in [-0.1, -0.05) is 13.8 Å². The summed E-state index contributed by atoms with van der Waals surface area (Å²) in [6.45, 7) is 8.50. The lowest BCUT2D eigenvalue weighted by atomic mass is 9.93. The number of hydrogen-bond donors (Lipinski definition) is 1. The van der Waals surface area contributed by atoms with Crippen LogP contribution in [0.1, 0.15) is 33.0 Å². The second-order valence-corrected chi connectivity index (χ2v) is 10.6. The molecule has 0 bridgehead atoms. The largest absolute Gasteiger partial charge is 0.489 e. The van der Waals surface area contributed by atoms with E-state index in [1.165, 1.54) is 25.1 Å². The Morgan fingerprint density at radius 1 is 0.975 bits per heavy atom. The van der Waals surface area contributed by atoms with E-state index in [1.54, 1.807) is 18.6 Å². The van der Waals surface area contributed by atoms with Crippen LogP contribution in [0, 0.1) is 18.7 Å². The minimum Gasteiger partial charge on any atom is -0.489 e. The monoisotopic (exact) mass is 609 g/mol. The molecular formula is C28H29BrFN7O3. The molecule has 0 fully saturated rings. The van der Waals surface area contributed by atoms with Crippen LogP contribution < -0.4 is 10.5 Å². The summed E-state index contributed by atoms with van der Waals surface area (Å²) in [5.41, 5.74) is 8.48. The summed E-state index contributed by atoms with van der Waals surface area (Å²) in [6.07, 6.45) is 11.1. The molecule has 5 heterocycles. The quantitative estimate of drug-likeness (QED) is 0.200. The Bertz CT molecular complexity index is 1530. The lowest BCUT2D eigenvalue weighted by molar-refractivity contribution is 0.206. The van der Waals surface area contributed by atoms with Crippen LogP contribution in [0.2, 0.25) is 0 Å². The summed E-state index contributed by atoms with van der Waals surface area (Å²) < 4.78 is 30.2. The zero-order valence-corrected chi connectivity index (χ0v) is 24.1. The lowest BCUT2D eigenvalue weighted by Gasteiger charge is -2.27. The Labute approximate surface area is 239 Å². The van der Waals surface area contributed by atoms with E-state index in [9.17, 15) is 4.39 Å². The van der Waals surface area contributed by atoms with Crippen molar-refractivity contribution in [3.05, 3.63) is 78.2 Å². The summed E-state index contributed by atoms with van der Waals surface area (Å²) in [4.78, 5) is 24.5. The van der Waals surface area contributed by atoms with Gasteiger partial charge < -0.3 is 19.3 Å². The predicted molar refractivity (Wildman–Crippen MR) is 150 cm³/mol. The van der Waals surface area contributed by atoms with Gasteiger partial charge >= 0.3 is 0 Å². The maximum Gasteiger partial charge on any atom is 0.181 e. The Morgan fingerprint density at radius 3 is 2.30 bits per heavy atom. The van der Waals surface area contributed by atoms with Gasteiger partial charge in [-0.05, 0) is 60.3 Å². The van der Waals surface area contributed by atoms with Crippen LogP contribution in [0.25, 0.3) is 34.0 Å². The van der Waals surface area contributed by atoms with Crippen molar-refractivity contribution in [1.29, 1.82) is 0 Å². The van der Waals surface area contributed by atoms with Gasteiger partial charge in [0.2, 0.25) is 0 Å². The van der Waals surface area contributed by atoms with Gasteiger partial charge in [0.15, 0.2) is 30.1 Å². The normalized spacial score (nSPS) is 12.5. The first kappa shape index (κ1) is 29.0. The van der Waals surface area contributed by atoms with Crippen LogP contribution in [0.5, 0.6) is 5.75 Å². The molecule has 40 heavy (non-hydrogen) atoms. The molecular weight excluding hydrogens is 581 g/mol. The Balaban J connectivity index is 0.000000236. The van der Waals surface area contributed by atoms with Gasteiger partial charge in [-0.15, -0.1) is 0 Å². The van der Waals surface area contributed by atoms with Crippen molar-refractivity contribution in [1.82, 2.24) is 29.9 Å². The fourth-order valence-electron chi connectivity index (χ4n) is 4.02. The van der Waals surface area contributed by atoms with E-state index in [-0.39, 0.29) is 0 Å². The second-order valence-electron chi connectivity index (χ2n) is 9.81. The summed E-state index contributed by atoms with van der Waals surface area (Å²) >= 11 is 3.14. The number of pyridine rings is 2. The van der Waals surface area contributed by atoms with E-state index in [0.29, 0.717) is 51.5 Å².